The van der Waals surface area contributed by atoms with E-state index in [0.717, 1.165) is 42.8 Å². The third kappa shape index (κ3) is 5.28. The van der Waals surface area contributed by atoms with E-state index in [1.54, 1.807) is 6.20 Å². The Bertz CT molecular complexity index is 715. The van der Waals surface area contributed by atoms with Crippen LogP contribution < -0.4 is 16.0 Å². The van der Waals surface area contributed by atoms with E-state index < -0.39 is 5.60 Å². The molecule has 2 aromatic rings. The fraction of sp³-hybridized carbons (Fsp3) is 0.400. The van der Waals surface area contributed by atoms with Gasteiger partial charge in [-0.25, -0.2) is 4.79 Å². The first kappa shape index (κ1) is 18.4. The summed E-state index contributed by atoms with van der Waals surface area (Å²) >= 11 is 0. The van der Waals surface area contributed by atoms with Crippen LogP contribution >= 0.6 is 0 Å². The lowest BCUT2D eigenvalue weighted by molar-refractivity contribution is 0.0198. The maximum absolute atomic E-state index is 12.3. The molecule has 1 aliphatic heterocycles. The number of carbonyl (C=O) groups is 1. The molecule has 6 nitrogen and oxygen atoms in total. The van der Waals surface area contributed by atoms with Crippen molar-refractivity contribution in [2.24, 2.45) is 0 Å². The predicted octanol–water partition coefficient (Wildman–Crippen LogP) is 2.10. The van der Waals surface area contributed by atoms with E-state index >= 15 is 0 Å². The minimum atomic E-state index is -0.867. The lowest BCUT2D eigenvalue weighted by atomic mass is 9.94. The highest BCUT2D eigenvalue weighted by Gasteiger charge is 2.29. The van der Waals surface area contributed by atoms with Crippen LogP contribution in [0.4, 0.5) is 10.5 Å². The number of hydrogen-bond acceptors (Lipinski definition) is 4. The number of benzene rings is 1. The normalized spacial score (nSPS) is 19.7. The molecule has 1 aromatic carbocycles. The van der Waals surface area contributed by atoms with Crippen molar-refractivity contribution in [1.82, 2.24) is 15.6 Å². The largest absolute Gasteiger partial charge is 0.387 e. The zero-order chi connectivity index (χ0) is 18.2. The maximum atomic E-state index is 12.3. The highest BCUT2D eigenvalue weighted by Crippen LogP contribution is 2.18. The molecule has 1 unspecified atom stereocenters. The fourth-order valence-electron chi connectivity index (χ4n) is 3.18. The van der Waals surface area contributed by atoms with Crippen LogP contribution in [0.15, 0.2) is 48.7 Å². The monoisotopic (exact) mass is 354 g/mol. The summed E-state index contributed by atoms with van der Waals surface area (Å²) in [6.45, 7) is 1.66. The molecule has 138 valence electrons. The van der Waals surface area contributed by atoms with Crippen molar-refractivity contribution in [3.63, 3.8) is 0 Å². The van der Waals surface area contributed by atoms with Crippen LogP contribution in [0.3, 0.4) is 0 Å². The van der Waals surface area contributed by atoms with Gasteiger partial charge in [0.05, 0.1) is 5.60 Å². The summed E-state index contributed by atoms with van der Waals surface area (Å²) in [4.78, 5) is 16.6. The number of piperidine rings is 1. The van der Waals surface area contributed by atoms with Gasteiger partial charge < -0.3 is 21.1 Å². The van der Waals surface area contributed by atoms with E-state index in [1.807, 2.05) is 42.5 Å². The van der Waals surface area contributed by atoms with Gasteiger partial charge in [-0.1, -0.05) is 24.3 Å². The number of pyridine rings is 1. The third-order valence-corrected chi connectivity index (χ3v) is 4.67. The first-order valence-corrected chi connectivity index (χ1v) is 9.10. The number of aryl methyl sites for hydroxylation is 2. The summed E-state index contributed by atoms with van der Waals surface area (Å²) in [6.07, 6.45) is 5.00. The number of nitrogens with zero attached hydrogens (tertiary/aromatic N) is 1. The summed E-state index contributed by atoms with van der Waals surface area (Å²) in [6, 6.07) is 13.4. The van der Waals surface area contributed by atoms with Crippen LogP contribution in [-0.4, -0.2) is 41.4 Å². The number of rotatable bonds is 6. The summed E-state index contributed by atoms with van der Waals surface area (Å²) in [5, 5.41) is 19.3. The molecule has 0 bridgehead atoms. The molecule has 0 radical (unpaired) electrons. The van der Waals surface area contributed by atoms with Crippen molar-refractivity contribution in [2.45, 2.75) is 31.3 Å². The molecule has 0 saturated carbocycles. The average Bonchev–Trinajstić information content (AvgIpc) is 2.67. The Labute approximate surface area is 154 Å². The van der Waals surface area contributed by atoms with Crippen molar-refractivity contribution in [3.8, 4) is 0 Å². The lowest BCUT2D eigenvalue weighted by Crippen LogP contribution is -2.53. The molecule has 4 N–H and O–H groups in total. The van der Waals surface area contributed by atoms with Crippen LogP contribution in [0.2, 0.25) is 0 Å². The van der Waals surface area contributed by atoms with Crippen LogP contribution in [0.5, 0.6) is 0 Å². The van der Waals surface area contributed by atoms with Crippen molar-refractivity contribution < 1.29 is 9.90 Å². The van der Waals surface area contributed by atoms with Gasteiger partial charge >= 0.3 is 6.03 Å². The number of hydrogen-bond donors (Lipinski definition) is 4. The standard InChI is InChI=1S/C20H26N4O2/c25-19(23-15-20(26)11-5-12-21-14-20)24-18-8-2-1-6-16(18)9-10-17-7-3-4-13-22-17/h1-4,6-8,13,21,26H,5,9-12,14-15H2,(H2,23,24,25). The number of nitrogens with one attached hydrogen (secondary N) is 3. The van der Waals surface area contributed by atoms with Crippen LogP contribution in [0.25, 0.3) is 0 Å². The van der Waals surface area contributed by atoms with E-state index in [9.17, 15) is 9.90 Å². The van der Waals surface area contributed by atoms with Gasteiger partial charge in [-0.05, 0) is 56.0 Å². The lowest BCUT2D eigenvalue weighted by Gasteiger charge is -2.32. The summed E-state index contributed by atoms with van der Waals surface area (Å²) < 4.78 is 0. The van der Waals surface area contributed by atoms with Gasteiger partial charge in [0.25, 0.3) is 0 Å². The Balaban J connectivity index is 1.54. The van der Waals surface area contributed by atoms with Crippen molar-refractivity contribution in [3.05, 3.63) is 59.9 Å². The number of urea groups is 1. The number of β-amino-alcohol motifs (C(OH)–C–C–N with tert-alkyl or cyclic N) is 1. The average molecular weight is 354 g/mol. The summed E-state index contributed by atoms with van der Waals surface area (Å²) in [7, 11) is 0. The first-order valence-electron chi connectivity index (χ1n) is 9.10. The number of carbonyl (C=O) groups excluding carboxylic acids is 1. The molecule has 6 heteroatoms. The molecule has 2 amide bonds. The molecule has 1 aliphatic rings. The predicted molar refractivity (Wildman–Crippen MR) is 102 cm³/mol. The van der Waals surface area contributed by atoms with Gasteiger partial charge in [-0.2, -0.15) is 0 Å². The van der Waals surface area contributed by atoms with Gasteiger partial charge in [0.1, 0.15) is 0 Å². The fourth-order valence-corrected chi connectivity index (χ4v) is 3.18. The molecule has 1 fully saturated rings. The molecule has 1 atom stereocenters. The topological polar surface area (TPSA) is 86.3 Å². The second-order valence-electron chi connectivity index (χ2n) is 6.79. The minimum absolute atomic E-state index is 0.238. The van der Waals surface area contributed by atoms with Gasteiger partial charge in [0.2, 0.25) is 0 Å². The van der Waals surface area contributed by atoms with E-state index in [2.05, 4.69) is 20.9 Å². The SMILES string of the molecule is O=C(NCC1(O)CCCNC1)Nc1ccccc1CCc1ccccn1. The van der Waals surface area contributed by atoms with Crippen LogP contribution in [0, 0.1) is 0 Å². The van der Waals surface area contributed by atoms with Crippen molar-refractivity contribution in [1.29, 1.82) is 0 Å². The molecule has 0 aliphatic carbocycles. The molecule has 0 spiro atoms. The Kier molecular flexibility index (Phi) is 6.20. The molecule has 26 heavy (non-hydrogen) atoms. The zero-order valence-corrected chi connectivity index (χ0v) is 14.9. The summed E-state index contributed by atoms with van der Waals surface area (Å²) in [5.74, 6) is 0. The minimum Gasteiger partial charge on any atom is -0.387 e. The van der Waals surface area contributed by atoms with E-state index in [1.165, 1.54) is 0 Å². The number of aliphatic hydroxyl groups is 1. The highest BCUT2D eigenvalue weighted by atomic mass is 16.3. The smallest absolute Gasteiger partial charge is 0.319 e. The number of aromatic nitrogens is 1. The van der Waals surface area contributed by atoms with Gasteiger partial charge in [-0.15, -0.1) is 0 Å². The Morgan fingerprint density at radius 2 is 2.04 bits per heavy atom. The third-order valence-electron chi connectivity index (χ3n) is 4.67. The zero-order valence-electron chi connectivity index (χ0n) is 14.9. The van der Waals surface area contributed by atoms with Crippen molar-refractivity contribution >= 4 is 11.7 Å². The summed E-state index contributed by atoms with van der Waals surface area (Å²) in [5.41, 5.74) is 2.01. The second-order valence-corrected chi connectivity index (χ2v) is 6.79. The Hall–Kier alpha value is -2.44. The van der Waals surface area contributed by atoms with Gasteiger partial charge in [0, 0.05) is 30.7 Å². The maximum Gasteiger partial charge on any atom is 0.319 e. The second kappa shape index (κ2) is 8.78. The van der Waals surface area contributed by atoms with Gasteiger partial charge in [-0.3, -0.25) is 4.98 Å². The van der Waals surface area contributed by atoms with Gasteiger partial charge in [0.15, 0.2) is 0 Å². The Morgan fingerprint density at radius 3 is 2.81 bits per heavy atom. The molecular weight excluding hydrogens is 328 g/mol. The molecule has 1 saturated heterocycles. The van der Waals surface area contributed by atoms with Crippen LogP contribution in [0.1, 0.15) is 24.1 Å². The van der Waals surface area contributed by atoms with Crippen LogP contribution in [-0.2, 0) is 12.8 Å². The Morgan fingerprint density at radius 1 is 1.19 bits per heavy atom. The number of amides is 2. The highest BCUT2D eigenvalue weighted by molar-refractivity contribution is 5.90. The first-order chi connectivity index (χ1) is 12.6. The van der Waals surface area contributed by atoms with E-state index in [0.29, 0.717) is 13.0 Å². The number of para-hydroxylation sites is 1. The molecule has 1 aromatic heterocycles. The number of anilines is 1. The van der Waals surface area contributed by atoms with E-state index in [-0.39, 0.29) is 12.6 Å². The van der Waals surface area contributed by atoms with Crippen molar-refractivity contribution in [2.75, 3.05) is 25.0 Å². The quantitative estimate of drug-likeness (QED) is 0.640. The molecule has 2 heterocycles. The molecule has 3 rings (SSSR count). The van der Waals surface area contributed by atoms with E-state index in [4.69, 9.17) is 0 Å². The molecular formula is C20H26N4O2.